The molecule has 1 aromatic rings. The minimum Gasteiger partial charge on any atom is -0.465 e. The van der Waals surface area contributed by atoms with Gasteiger partial charge < -0.3 is 24.0 Å². The van der Waals surface area contributed by atoms with Crippen molar-refractivity contribution in [3.63, 3.8) is 0 Å². The predicted octanol–water partition coefficient (Wildman–Crippen LogP) is 4.28. The number of carbonyl (C=O) groups excluding carboxylic acids is 4. The number of hydrogen-bond acceptors (Lipinski definition) is 8. The van der Waals surface area contributed by atoms with Crippen molar-refractivity contribution in [3.05, 3.63) is 58.4 Å². The van der Waals surface area contributed by atoms with Crippen LogP contribution in [-0.2, 0) is 33.4 Å². The molecule has 0 aromatic heterocycles. The number of nitrogens with zero attached hydrogens (tertiary/aromatic N) is 2. The zero-order valence-corrected chi connectivity index (χ0v) is 23.8. The molecule has 3 aliphatic rings. The summed E-state index contributed by atoms with van der Waals surface area (Å²) < 4.78 is 16.6. The van der Waals surface area contributed by atoms with Crippen molar-refractivity contribution < 1.29 is 33.4 Å². The monoisotopic (exact) mass is 536 g/mol. The number of hydrogen-bond donors (Lipinski definition) is 0. The van der Waals surface area contributed by atoms with Crippen LogP contribution in [0.3, 0.4) is 0 Å². The molecule has 9 heteroatoms. The molecule has 0 spiro atoms. The third kappa shape index (κ3) is 4.86. The lowest BCUT2D eigenvalue weighted by Crippen LogP contribution is -2.63. The third-order valence-electron chi connectivity index (χ3n) is 6.71. The van der Waals surface area contributed by atoms with E-state index in [1.54, 1.807) is 53.4 Å². The Morgan fingerprint density at radius 1 is 0.949 bits per heavy atom. The van der Waals surface area contributed by atoms with Crippen LogP contribution >= 0.6 is 0 Å². The second-order valence-corrected chi connectivity index (χ2v) is 11.8. The molecule has 1 aromatic carbocycles. The summed E-state index contributed by atoms with van der Waals surface area (Å²) in [4.78, 5) is 57.2. The molecule has 0 radical (unpaired) electrons. The van der Waals surface area contributed by atoms with Gasteiger partial charge in [-0.3, -0.25) is 4.79 Å². The van der Waals surface area contributed by atoms with Crippen molar-refractivity contribution >= 4 is 35.6 Å². The van der Waals surface area contributed by atoms with Gasteiger partial charge in [0.25, 0.3) is 5.91 Å². The quantitative estimate of drug-likeness (QED) is 0.238. The molecule has 3 heterocycles. The SMILES string of the molecule is CCC(C(=O)OC(C)(C)C)(C(=O)OC(C)(C)C)N1C2=C3CC=C(C(=O)OC)C(=O)N3CC2=Cc2ccccc21. The molecule has 0 bridgehead atoms. The average molecular weight is 537 g/mol. The highest BCUT2D eigenvalue weighted by atomic mass is 16.6. The van der Waals surface area contributed by atoms with E-state index in [4.69, 9.17) is 14.2 Å². The second-order valence-electron chi connectivity index (χ2n) is 11.8. The Balaban J connectivity index is 2.01. The van der Waals surface area contributed by atoms with Crippen LogP contribution in [0.1, 0.15) is 66.9 Å². The van der Waals surface area contributed by atoms with Crippen molar-refractivity contribution in [2.24, 2.45) is 0 Å². The van der Waals surface area contributed by atoms with Crippen molar-refractivity contribution in [2.45, 2.75) is 78.0 Å². The van der Waals surface area contributed by atoms with Crippen LogP contribution in [0.4, 0.5) is 5.69 Å². The highest BCUT2D eigenvalue weighted by Crippen LogP contribution is 2.48. The van der Waals surface area contributed by atoms with Gasteiger partial charge in [0.1, 0.15) is 16.8 Å². The first-order chi connectivity index (χ1) is 18.1. The van der Waals surface area contributed by atoms with E-state index in [2.05, 4.69) is 0 Å². The lowest BCUT2D eigenvalue weighted by Gasteiger charge is -2.45. The van der Waals surface area contributed by atoms with Gasteiger partial charge in [-0.25, -0.2) is 14.4 Å². The van der Waals surface area contributed by atoms with Gasteiger partial charge in [-0.15, -0.1) is 0 Å². The van der Waals surface area contributed by atoms with Gasteiger partial charge >= 0.3 is 17.9 Å². The minimum atomic E-state index is -1.90. The van der Waals surface area contributed by atoms with Gasteiger partial charge in [-0.05, 0) is 71.2 Å². The third-order valence-corrected chi connectivity index (χ3v) is 6.71. The molecule has 0 saturated heterocycles. The molecule has 39 heavy (non-hydrogen) atoms. The maximum atomic E-state index is 14.2. The van der Waals surface area contributed by atoms with Crippen LogP contribution in [0.25, 0.3) is 6.08 Å². The van der Waals surface area contributed by atoms with Gasteiger partial charge in [-0.1, -0.05) is 31.2 Å². The Morgan fingerprint density at radius 3 is 2.08 bits per heavy atom. The highest BCUT2D eigenvalue weighted by Gasteiger charge is 2.58. The van der Waals surface area contributed by atoms with E-state index in [9.17, 15) is 19.2 Å². The van der Waals surface area contributed by atoms with Gasteiger partial charge in [0.15, 0.2) is 0 Å². The normalized spacial score (nSPS) is 17.1. The summed E-state index contributed by atoms with van der Waals surface area (Å²) in [5.41, 5.74) is -0.455. The lowest BCUT2D eigenvalue weighted by atomic mass is 9.86. The molecule has 0 atom stereocenters. The minimum absolute atomic E-state index is 0.0341. The van der Waals surface area contributed by atoms with Crippen LogP contribution < -0.4 is 4.90 Å². The molecular weight excluding hydrogens is 500 g/mol. The summed E-state index contributed by atoms with van der Waals surface area (Å²) in [5.74, 6) is -2.70. The largest absolute Gasteiger partial charge is 0.465 e. The second kappa shape index (κ2) is 9.70. The molecule has 208 valence electrons. The van der Waals surface area contributed by atoms with E-state index in [1.165, 1.54) is 18.1 Å². The van der Waals surface area contributed by atoms with E-state index < -0.39 is 40.6 Å². The summed E-state index contributed by atoms with van der Waals surface area (Å²) in [5, 5.41) is 0. The summed E-state index contributed by atoms with van der Waals surface area (Å²) in [6.07, 6.45) is 3.74. The molecule has 0 aliphatic carbocycles. The predicted molar refractivity (Wildman–Crippen MR) is 145 cm³/mol. The highest BCUT2D eigenvalue weighted by molar-refractivity contribution is 6.18. The first kappa shape index (κ1) is 28.1. The lowest BCUT2D eigenvalue weighted by molar-refractivity contribution is -0.177. The Bertz CT molecular complexity index is 1310. The Morgan fingerprint density at radius 2 is 1.54 bits per heavy atom. The number of benzene rings is 1. The van der Waals surface area contributed by atoms with Gasteiger partial charge in [0.2, 0.25) is 5.54 Å². The van der Waals surface area contributed by atoms with Crippen LogP contribution in [0.2, 0.25) is 0 Å². The van der Waals surface area contributed by atoms with E-state index >= 15 is 0 Å². The van der Waals surface area contributed by atoms with E-state index in [1.807, 2.05) is 30.3 Å². The zero-order chi connectivity index (χ0) is 28.9. The molecular formula is C30H36N2O7. The number of ether oxygens (including phenoxy) is 3. The van der Waals surface area contributed by atoms with Crippen molar-refractivity contribution in [1.82, 2.24) is 4.90 Å². The number of amides is 1. The Kier molecular flexibility index (Phi) is 7.00. The molecule has 0 saturated carbocycles. The first-order valence-electron chi connectivity index (χ1n) is 13.0. The Hall–Kier alpha value is -3.88. The van der Waals surface area contributed by atoms with Gasteiger partial charge in [-0.2, -0.15) is 0 Å². The molecule has 0 fully saturated rings. The van der Waals surface area contributed by atoms with E-state index in [0.717, 1.165) is 11.1 Å². The summed E-state index contributed by atoms with van der Waals surface area (Å²) >= 11 is 0. The first-order valence-corrected chi connectivity index (χ1v) is 13.0. The standard InChI is InChI=1S/C30H36N2O7/c1-9-30(26(35)38-28(2,3)4,27(36)39-29(5,6)7)32-21-13-11-10-12-18(21)16-19-17-31-22(23(19)32)15-14-20(24(31)33)25(34)37-8/h10-14,16H,9,15,17H2,1-8H3. The average Bonchev–Trinajstić information content (AvgIpc) is 3.20. The van der Waals surface area contributed by atoms with Crippen LogP contribution in [0.15, 0.2) is 52.9 Å². The topological polar surface area (TPSA) is 102 Å². The number of fused-ring (bicyclic) bond motifs is 3. The maximum absolute atomic E-state index is 14.2. The number of anilines is 1. The molecule has 1 amide bonds. The fourth-order valence-electron chi connectivity index (χ4n) is 5.11. The maximum Gasteiger partial charge on any atom is 0.344 e. The van der Waals surface area contributed by atoms with E-state index in [0.29, 0.717) is 17.1 Å². The van der Waals surface area contributed by atoms with Crippen molar-refractivity contribution in [2.75, 3.05) is 18.6 Å². The number of carbonyl (C=O) groups is 4. The van der Waals surface area contributed by atoms with Crippen molar-refractivity contribution in [1.29, 1.82) is 0 Å². The number of methoxy groups -OCH3 is 1. The van der Waals surface area contributed by atoms with Crippen LogP contribution in [-0.4, -0.2) is 59.1 Å². The smallest absolute Gasteiger partial charge is 0.344 e. The summed E-state index contributed by atoms with van der Waals surface area (Å²) in [6, 6.07) is 7.41. The van der Waals surface area contributed by atoms with Crippen LogP contribution in [0.5, 0.6) is 0 Å². The van der Waals surface area contributed by atoms with Gasteiger partial charge in [0, 0.05) is 12.1 Å². The summed E-state index contributed by atoms with van der Waals surface area (Å²) in [7, 11) is 1.23. The fourth-order valence-corrected chi connectivity index (χ4v) is 5.11. The molecule has 9 nitrogen and oxygen atoms in total. The molecule has 0 unspecified atom stereocenters. The number of esters is 3. The number of para-hydroxylation sites is 1. The van der Waals surface area contributed by atoms with Crippen LogP contribution in [0, 0.1) is 0 Å². The molecule has 4 rings (SSSR count). The van der Waals surface area contributed by atoms with Crippen molar-refractivity contribution in [3.8, 4) is 0 Å². The summed E-state index contributed by atoms with van der Waals surface area (Å²) in [6.45, 7) is 12.4. The number of rotatable bonds is 5. The molecule has 3 aliphatic heterocycles. The molecule has 0 N–H and O–H groups in total. The Labute approximate surface area is 229 Å². The fraction of sp³-hybridized carbons (Fsp3) is 0.467. The zero-order valence-electron chi connectivity index (χ0n) is 23.8. The van der Waals surface area contributed by atoms with Gasteiger partial charge in [0.05, 0.1) is 25.0 Å². The number of allylic oxidation sites excluding steroid dienone is 1. The van der Waals surface area contributed by atoms with E-state index in [-0.39, 0.29) is 25.0 Å².